The number of benzene rings is 2. The van der Waals surface area contributed by atoms with Gasteiger partial charge in [-0.25, -0.2) is 0 Å². The third-order valence-electron chi connectivity index (χ3n) is 7.85. The summed E-state index contributed by atoms with van der Waals surface area (Å²) in [6.07, 6.45) is 1.87. The maximum Gasteiger partial charge on any atom is 0.142 e. The van der Waals surface area contributed by atoms with Crippen molar-refractivity contribution in [3.8, 4) is 11.5 Å². The van der Waals surface area contributed by atoms with Crippen LogP contribution in [0.1, 0.15) is 36.3 Å². The standard InChI is InChI=1S/C33H50N2O8/c1-37-15-4-5-17-40-28-10-8-26(9-11-28)33-31(20-34-21-32(33)43-24-27(36)23-39-3)42-22-25-7-12-30-29(19-25)35(14-18-41-30)13-6-16-38-2/h7-12,19,27,31-34,36H,4-6,13-18,20-24H2,1-3H3/t27?,31-,32+,33+/m0/s1. The van der Waals surface area contributed by atoms with Crippen molar-refractivity contribution >= 4 is 5.69 Å². The predicted octanol–water partition coefficient (Wildman–Crippen LogP) is 3.39. The highest BCUT2D eigenvalue weighted by atomic mass is 16.5. The van der Waals surface area contributed by atoms with Crippen LogP contribution in [-0.2, 0) is 30.3 Å². The Bertz CT molecular complexity index is 1060. The van der Waals surface area contributed by atoms with E-state index >= 15 is 0 Å². The van der Waals surface area contributed by atoms with E-state index in [1.54, 1.807) is 21.3 Å². The SMILES string of the molecule is COCCCCOc1ccc([C@@H]2[C@@H](OCc3ccc4c(c3)N(CCCOC)CCO4)CNC[C@H]2OCC(O)COC)cc1. The molecule has 0 aliphatic carbocycles. The molecule has 0 radical (unpaired) electrons. The average Bonchev–Trinajstić information content (AvgIpc) is 3.03. The van der Waals surface area contributed by atoms with Crippen LogP contribution in [0.5, 0.6) is 11.5 Å². The number of unbranched alkanes of at least 4 members (excludes halogenated alkanes) is 1. The number of hydrogen-bond acceptors (Lipinski definition) is 10. The van der Waals surface area contributed by atoms with Crippen molar-refractivity contribution in [1.29, 1.82) is 0 Å². The Hall–Kier alpha value is -2.44. The maximum absolute atomic E-state index is 10.3. The van der Waals surface area contributed by atoms with Gasteiger partial charge in [0.1, 0.15) is 24.2 Å². The number of rotatable bonds is 19. The van der Waals surface area contributed by atoms with Gasteiger partial charge in [-0.1, -0.05) is 18.2 Å². The fourth-order valence-corrected chi connectivity index (χ4v) is 5.66. The highest BCUT2D eigenvalue weighted by molar-refractivity contribution is 5.61. The second kappa shape index (κ2) is 18.4. The normalized spacial score (nSPS) is 20.8. The highest BCUT2D eigenvalue weighted by Gasteiger charge is 2.36. The van der Waals surface area contributed by atoms with Crippen LogP contribution in [0.15, 0.2) is 42.5 Å². The summed E-state index contributed by atoms with van der Waals surface area (Å²) >= 11 is 0. The lowest BCUT2D eigenvalue weighted by Gasteiger charge is -2.39. The molecule has 43 heavy (non-hydrogen) atoms. The molecular weight excluding hydrogens is 552 g/mol. The van der Waals surface area contributed by atoms with Crippen LogP contribution >= 0.6 is 0 Å². The molecule has 0 bridgehead atoms. The third kappa shape index (κ3) is 10.3. The number of aliphatic hydroxyl groups is 1. The van der Waals surface area contributed by atoms with E-state index in [1.165, 1.54) is 0 Å². The fourth-order valence-electron chi connectivity index (χ4n) is 5.66. The van der Waals surface area contributed by atoms with Crippen molar-refractivity contribution in [2.24, 2.45) is 0 Å². The quantitative estimate of drug-likeness (QED) is 0.233. The fraction of sp³-hybridized carbons (Fsp3) is 0.636. The molecule has 1 saturated heterocycles. The molecule has 240 valence electrons. The van der Waals surface area contributed by atoms with E-state index in [-0.39, 0.29) is 31.3 Å². The molecule has 0 spiro atoms. The first-order chi connectivity index (χ1) is 21.1. The second-order valence-corrected chi connectivity index (χ2v) is 11.1. The number of fused-ring (bicyclic) bond motifs is 1. The molecule has 0 amide bonds. The number of piperidine rings is 1. The number of hydrogen-bond donors (Lipinski definition) is 2. The summed E-state index contributed by atoms with van der Waals surface area (Å²) in [5, 5.41) is 13.7. The number of nitrogens with zero attached hydrogens (tertiary/aromatic N) is 1. The Kier molecular flexibility index (Phi) is 14.3. The monoisotopic (exact) mass is 602 g/mol. The van der Waals surface area contributed by atoms with Crippen molar-refractivity contribution in [2.75, 3.05) is 92.0 Å². The molecule has 2 aliphatic heterocycles. The summed E-state index contributed by atoms with van der Waals surface area (Å²) < 4.78 is 40.2. The molecule has 10 heteroatoms. The molecule has 1 fully saturated rings. The van der Waals surface area contributed by atoms with Gasteiger partial charge in [-0.2, -0.15) is 0 Å². The molecule has 2 aromatic carbocycles. The molecular formula is C33H50N2O8. The maximum atomic E-state index is 10.3. The molecule has 0 saturated carbocycles. The van der Waals surface area contributed by atoms with E-state index in [1.807, 2.05) is 18.2 Å². The zero-order valence-electron chi connectivity index (χ0n) is 26.0. The molecule has 4 atom stereocenters. The Morgan fingerprint density at radius 1 is 0.884 bits per heavy atom. The number of nitrogens with one attached hydrogen (secondary N) is 1. The zero-order valence-corrected chi connectivity index (χ0v) is 26.0. The largest absolute Gasteiger partial charge is 0.494 e. The lowest BCUT2D eigenvalue weighted by atomic mass is 9.85. The Morgan fingerprint density at radius 2 is 1.63 bits per heavy atom. The van der Waals surface area contributed by atoms with Crippen LogP contribution in [0.3, 0.4) is 0 Å². The van der Waals surface area contributed by atoms with Gasteiger partial charge >= 0.3 is 0 Å². The average molecular weight is 603 g/mol. The van der Waals surface area contributed by atoms with Crippen LogP contribution in [-0.4, -0.2) is 111 Å². The predicted molar refractivity (Wildman–Crippen MR) is 166 cm³/mol. The first kappa shape index (κ1) is 33.5. The van der Waals surface area contributed by atoms with Gasteiger partial charge in [-0.3, -0.25) is 0 Å². The van der Waals surface area contributed by atoms with Crippen molar-refractivity contribution < 1.29 is 38.3 Å². The molecule has 2 heterocycles. The minimum absolute atomic E-state index is 0.0294. The molecule has 4 rings (SSSR count). The zero-order chi connectivity index (χ0) is 30.3. The Morgan fingerprint density at radius 3 is 2.40 bits per heavy atom. The highest BCUT2D eigenvalue weighted by Crippen LogP contribution is 2.35. The van der Waals surface area contributed by atoms with E-state index in [4.69, 9.17) is 33.2 Å². The molecule has 1 unspecified atom stereocenters. The van der Waals surface area contributed by atoms with Gasteiger partial charge in [0.15, 0.2) is 0 Å². The van der Waals surface area contributed by atoms with Gasteiger partial charge in [0, 0.05) is 60.1 Å². The van der Waals surface area contributed by atoms with Crippen LogP contribution in [0.2, 0.25) is 0 Å². The number of methoxy groups -OCH3 is 3. The van der Waals surface area contributed by atoms with Crippen molar-refractivity contribution in [2.45, 2.75) is 50.1 Å². The van der Waals surface area contributed by atoms with Gasteiger partial charge in [0.05, 0.1) is 50.9 Å². The van der Waals surface area contributed by atoms with Crippen molar-refractivity contribution in [3.05, 3.63) is 53.6 Å². The molecule has 10 nitrogen and oxygen atoms in total. The van der Waals surface area contributed by atoms with Gasteiger partial charge in [-0.15, -0.1) is 0 Å². The second-order valence-electron chi connectivity index (χ2n) is 11.1. The first-order valence-electron chi connectivity index (χ1n) is 15.4. The van der Waals surface area contributed by atoms with E-state index in [2.05, 4.69) is 34.5 Å². The summed E-state index contributed by atoms with van der Waals surface area (Å²) in [6.45, 7) is 6.83. The molecule has 2 N–H and O–H groups in total. The Balaban J connectivity index is 1.45. The van der Waals surface area contributed by atoms with Crippen LogP contribution < -0.4 is 19.7 Å². The van der Waals surface area contributed by atoms with E-state index in [9.17, 15) is 5.11 Å². The molecule has 0 aromatic heterocycles. The number of ether oxygens (including phenoxy) is 7. The van der Waals surface area contributed by atoms with E-state index in [0.717, 1.165) is 73.9 Å². The molecule has 2 aromatic rings. The minimum atomic E-state index is -0.689. The summed E-state index contributed by atoms with van der Waals surface area (Å²) in [6, 6.07) is 14.5. The van der Waals surface area contributed by atoms with Gasteiger partial charge in [-0.05, 0) is 54.7 Å². The minimum Gasteiger partial charge on any atom is -0.494 e. The molecule has 2 aliphatic rings. The summed E-state index contributed by atoms with van der Waals surface area (Å²) in [5.74, 6) is 1.72. The van der Waals surface area contributed by atoms with E-state index in [0.29, 0.717) is 32.9 Å². The van der Waals surface area contributed by atoms with Gasteiger partial charge in [0.2, 0.25) is 0 Å². The van der Waals surface area contributed by atoms with Gasteiger partial charge < -0.3 is 48.5 Å². The van der Waals surface area contributed by atoms with E-state index < -0.39 is 6.10 Å². The number of aliphatic hydroxyl groups excluding tert-OH is 1. The first-order valence-corrected chi connectivity index (χ1v) is 15.4. The topological polar surface area (TPSA) is 100 Å². The van der Waals surface area contributed by atoms with Crippen LogP contribution in [0.25, 0.3) is 0 Å². The number of anilines is 1. The van der Waals surface area contributed by atoms with Crippen LogP contribution in [0.4, 0.5) is 5.69 Å². The lowest BCUT2D eigenvalue weighted by molar-refractivity contribution is -0.0856. The van der Waals surface area contributed by atoms with Gasteiger partial charge in [0.25, 0.3) is 0 Å². The summed E-state index contributed by atoms with van der Waals surface area (Å²) in [4.78, 5) is 2.36. The Labute approximate surface area is 256 Å². The lowest BCUT2D eigenvalue weighted by Crippen LogP contribution is -2.51. The van der Waals surface area contributed by atoms with Crippen molar-refractivity contribution in [1.82, 2.24) is 5.32 Å². The third-order valence-corrected chi connectivity index (χ3v) is 7.85. The van der Waals surface area contributed by atoms with Crippen molar-refractivity contribution in [3.63, 3.8) is 0 Å². The summed E-state index contributed by atoms with van der Waals surface area (Å²) in [7, 11) is 5.03. The smallest absolute Gasteiger partial charge is 0.142 e. The van der Waals surface area contributed by atoms with Crippen LogP contribution in [0, 0.1) is 0 Å². The summed E-state index contributed by atoms with van der Waals surface area (Å²) in [5.41, 5.74) is 3.32.